The van der Waals surface area contributed by atoms with E-state index in [2.05, 4.69) is 17.9 Å². The number of methoxy groups -OCH3 is 1. The Bertz CT molecular complexity index is 1440. The van der Waals surface area contributed by atoms with Crippen LogP contribution in [0.4, 0.5) is 92.2 Å². The fraction of sp³-hybridized carbons (Fsp3) is 0.645. The summed E-state index contributed by atoms with van der Waals surface area (Å²) < 4.78 is 270. The minimum Gasteiger partial charge on any atom is -0.465 e. The molecule has 25 heteroatoms. The van der Waals surface area contributed by atoms with Gasteiger partial charge in [-0.1, -0.05) is 25.7 Å². The molecule has 0 saturated heterocycles. The highest BCUT2D eigenvalue weighted by Crippen LogP contribution is 2.59. The zero-order valence-corrected chi connectivity index (χ0v) is 28.1. The molecule has 0 aromatic heterocycles. The Balaban J connectivity index is 0.000000475. The second-order valence-corrected chi connectivity index (χ2v) is 12.9. The van der Waals surface area contributed by atoms with Crippen molar-refractivity contribution in [1.82, 2.24) is 0 Å². The standard InChI is InChI=1S/C14H8F12O2.C12H16F6.C5H5F3O2/c1-2-6-3-7(9(27,11(15,16)17)12(18,19)20)5-8(4-6)10(28,13(21,22)23)14(24,25)26;1-10(11(13,14)15,12(16,17)18)6-9-5-7-2-3-8(9)4-7;1-3(4(9)10-2)5(6,7)8/h2-5,27-28H,1H2;7-9H,2-6H2,1H3;1H2,2H3. The molecule has 0 heterocycles. The van der Waals surface area contributed by atoms with Crippen LogP contribution in [0.5, 0.6) is 0 Å². The van der Waals surface area contributed by atoms with Gasteiger partial charge >= 0.3 is 49.2 Å². The third kappa shape index (κ3) is 10.2. The van der Waals surface area contributed by atoms with Crippen molar-refractivity contribution in [3.63, 3.8) is 0 Å². The first kappa shape index (κ1) is 50.6. The van der Waals surface area contributed by atoms with Crippen LogP contribution < -0.4 is 0 Å². The molecule has 56 heavy (non-hydrogen) atoms. The monoisotopic (exact) mass is 864 g/mol. The van der Waals surface area contributed by atoms with Gasteiger partial charge in [-0.25, -0.2) is 4.79 Å². The molecular formula is C31H29F21O4. The lowest BCUT2D eigenvalue weighted by Crippen LogP contribution is -2.55. The van der Waals surface area contributed by atoms with Gasteiger partial charge < -0.3 is 14.9 Å². The molecule has 1 aromatic rings. The number of hydrogen-bond donors (Lipinski definition) is 2. The van der Waals surface area contributed by atoms with Crippen molar-refractivity contribution in [2.45, 2.75) is 93.5 Å². The Morgan fingerprint density at radius 2 is 1.05 bits per heavy atom. The van der Waals surface area contributed by atoms with E-state index in [-0.39, 0.29) is 18.1 Å². The van der Waals surface area contributed by atoms with Crippen molar-refractivity contribution in [2.75, 3.05) is 7.11 Å². The van der Waals surface area contributed by atoms with Crippen LogP contribution in [-0.2, 0) is 20.7 Å². The summed E-state index contributed by atoms with van der Waals surface area (Å²) in [6.45, 7) is 5.64. The van der Waals surface area contributed by atoms with E-state index in [0.29, 0.717) is 25.3 Å². The van der Waals surface area contributed by atoms with Crippen molar-refractivity contribution in [1.29, 1.82) is 0 Å². The van der Waals surface area contributed by atoms with Crippen LogP contribution >= 0.6 is 0 Å². The maximum absolute atomic E-state index is 12.9. The van der Waals surface area contributed by atoms with Gasteiger partial charge in [0.2, 0.25) is 0 Å². The van der Waals surface area contributed by atoms with Gasteiger partial charge in [-0.05, 0) is 74.1 Å². The fourth-order valence-electron chi connectivity index (χ4n) is 5.95. The average molecular weight is 865 g/mol. The van der Waals surface area contributed by atoms with Gasteiger partial charge in [-0.2, -0.15) is 92.2 Å². The number of halogens is 21. The van der Waals surface area contributed by atoms with Gasteiger partial charge in [0.1, 0.15) is 5.57 Å². The number of benzene rings is 1. The topological polar surface area (TPSA) is 66.8 Å². The molecule has 2 N–H and O–H groups in total. The number of aliphatic hydroxyl groups is 2. The van der Waals surface area contributed by atoms with Crippen LogP contribution in [0, 0.1) is 23.2 Å². The molecule has 3 rings (SSSR count). The summed E-state index contributed by atoms with van der Waals surface area (Å²) in [7, 11) is 0.860. The molecule has 2 fully saturated rings. The Morgan fingerprint density at radius 3 is 1.27 bits per heavy atom. The SMILES string of the molecule is C=C(C(=O)OC)C(F)(F)F.C=Cc1cc(C(O)(C(F)(F)F)C(F)(F)F)cc(C(O)(C(F)(F)F)C(F)(F)F)c1.CC(CC1CC2CCC1C2)(C(F)(F)F)C(F)(F)F. The minimum atomic E-state index is -6.59. The summed E-state index contributed by atoms with van der Waals surface area (Å²) in [5.74, 6) is -1.45. The summed E-state index contributed by atoms with van der Waals surface area (Å²) in [6.07, 6.45) is -38.9. The molecule has 0 aliphatic heterocycles. The maximum atomic E-state index is 12.9. The number of ether oxygens (including phenoxy) is 1. The molecule has 3 unspecified atom stereocenters. The van der Waals surface area contributed by atoms with E-state index >= 15 is 0 Å². The van der Waals surface area contributed by atoms with E-state index in [1.165, 1.54) is 0 Å². The Kier molecular flexibility index (Phi) is 14.6. The molecule has 324 valence electrons. The summed E-state index contributed by atoms with van der Waals surface area (Å²) in [6, 6.07) is -1.19. The fourth-order valence-corrected chi connectivity index (χ4v) is 5.95. The number of alkyl halides is 21. The number of carbonyl (C=O) groups is 1. The first-order valence-corrected chi connectivity index (χ1v) is 15.1. The predicted octanol–water partition coefficient (Wildman–Crippen LogP) is 11.2. The van der Waals surface area contributed by atoms with Gasteiger partial charge in [-0.15, -0.1) is 0 Å². The van der Waals surface area contributed by atoms with Gasteiger partial charge in [-0.3, -0.25) is 0 Å². The molecule has 1 aromatic carbocycles. The number of rotatable bonds is 6. The van der Waals surface area contributed by atoms with E-state index in [9.17, 15) is 107 Å². The quantitative estimate of drug-likeness (QED) is 0.170. The largest absolute Gasteiger partial charge is 0.465 e. The van der Waals surface area contributed by atoms with Crippen LogP contribution in [-0.4, -0.2) is 66.5 Å². The zero-order chi connectivity index (χ0) is 44.7. The smallest absolute Gasteiger partial charge is 0.430 e. The van der Waals surface area contributed by atoms with Crippen LogP contribution in [0.3, 0.4) is 0 Å². The van der Waals surface area contributed by atoms with Crippen molar-refractivity contribution in [3.05, 3.63) is 53.6 Å². The van der Waals surface area contributed by atoms with Gasteiger partial charge in [0.15, 0.2) is 5.41 Å². The average Bonchev–Trinajstić information content (AvgIpc) is 3.63. The third-order valence-electron chi connectivity index (χ3n) is 9.25. The van der Waals surface area contributed by atoms with Crippen molar-refractivity contribution >= 4 is 12.0 Å². The molecule has 4 nitrogen and oxygen atoms in total. The van der Waals surface area contributed by atoms with Crippen LogP contribution in [0.1, 0.15) is 55.7 Å². The first-order valence-electron chi connectivity index (χ1n) is 15.1. The van der Waals surface area contributed by atoms with Gasteiger partial charge in [0.05, 0.1) is 7.11 Å². The van der Waals surface area contributed by atoms with Crippen LogP contribution in [0.15, 0.2) is 36.9 Å². The van der Waals surface area contributed by atoms with Gasteiger partial charge in [0.25, 0.3) is 11.2 Å². The van der Waals surface area contributed by atoms with Crippen LogP contribution in [0.25, 0.3) is 6.08 Å². The lowest BCUT2D eigenvalue weighted by Gasteiger charge is -2.37. The predicted molar refractivity (Wildman–Crippen MR) is 150 cm³/mol. The highest BCUT2D eigenvalue weighted by Gasteiger charge is 2.74. The summed E-state index contributed by atoms with van der Waals surface area (Å²) in [5.41, 5.74) is -22.6. The Morgan fingerprint density at radius 1 is 0.679 bits per heavy atom. The molecule has 2 bridgehead atoms. The lowest BCUT2D eigenvalue weighted by molar-refractivity contribution is -0.378. The zero-order valence-electron chi connectivity index (χ0n) is 28.1. The molecule has 2 aliphatic rings. The first-order chi connectivity index (χ1) is 24.6. The van der Waals surface area contributed by atoms with Gasteiger partial charge in [0, 0.05) is 11.1 Å². The minimum absolute atomic E-state index is 0.0685. The Labute approximate surface area is 302 Å². The number of hydrogen-bond acceptors (Lipinski definition) is 4. The molecule has 3 atom stereocenters. The molecule has 0 radical (unpaired) electrons. The van der Waals surface area contributed by atoms with E-state index < -0.39 is 106 Å². The van der Waals surface area contributed by atoms with Crippen LogP contribution in [0.2, 0.25) is 0 Å². The van der Waals surface area contributed by atoms with Crippen molar-refractivity contribution in [2.24, 2.45) is 23.2 Å². The molecule has 0 amide bonds. The number of esters is 1. The second-order valence-electron chi connectivity index (χ2n) is 12.9. The Hall–Kier alpha value is -3.38. The maximum Gasteiger partial charge on any atom is 0.430 e. The molecule has 0 spiro atoms. The highest BCUT2D eigenvalue weighted by atomic mass is 19.4. The number of carbonyl (C=O) groups excluding carboxylic acids is 1. The van der Waals surface area contributed by atoms with E-state index in [1.807, 2.05) is 0 Å². The lowest BCUT2D eigenvalue weighted by atomic mass is 9.74. The van der Waals surface area contributed by atoms with E-state index in [1.54, 1.807) is 0 Å². The number of fused-ring (bicyclic) bond motifs is 2. The molecular weight excluding hydrogens is 835 g/mol. The highest BCUT2D eigenvalue weighted by molar-refractivity contribution is 5.88. The van der Waals surface area contributed by atoms with E-state index in [4.69, 9.17) is 0 Å². The molecule has 2 saturated carbocycles. The van der Waals surface area contributed by atoms with Crippen molar-refractivity contribution < 1.29 is 112 Å². The third-order valence-corrected chi connectivity index (χ3v) is 9.25. The molecule has 2 aliphatic carbocycles. The summed E-state index contributed by atoms with van der Waals surface area (Å²) in [4.78, 5) is 10.1. The second kappa shape index (κ2) is 16.1. The van der Waals surface area contributed by atoms with Crippen molar-refractivity contribution in [3.8, 4) is 0 Å². The summed E-state index contributed by atoms with van der Waals surface area (Å²) >= 11 is 0. The van der Waals surface area contributed by atoms with E-state index in [0.717, 1.165) is 26.4 Å². The summed E-state index contributed by atoms with van der Waals surface area (Å²) in [5, 5.41) is 18.5. The normalized spacial score (nSPS) is 20.1.